The van der Waals surface area contributed by atoms with E-state index in [0.29, 0.717) is 22.9 Å². The Morgan fingerprint density at radius 1 is 1.25 bits per heavy atom. The van der Waals surface area contributed by atoms with Gasteiger partial charge in [-0.15, -0.1) is 0 Å². The summed E-state index contributed by atoms with van der Waals surface area (Å²) in [5.74, 6) is -0.515. The number of aromatic nitrogens is 3. The van der Waals surface area contributed by atoms with Gasteiger partial charge in [0.15, 0.2) is 5.16 Å². The van der Waals surface area contributed by atoms with Gasteiger partial charge in [0, 0.05) is 17.3 Å². The van der Waals surface area contributed by atoms with E-state index >= 15 is 0 Å². The Bertz CT molecular complexity index is 1230. The molecule has 0 bridgehead atoms. The van der Waals surface area contributed by atoms with Gasteiger partial charge < -0.3 is 9.88 Å². The number of nitrogens with zero attached hydrogens (tertiary/aromatic N) is 3. The summed E-state index contributed by atoms with van der Waals surface area (Å²) in [6.07, 6.45) is -2.86. The molecule has 2 heterocycles. The first kappa shape index (κ1) is 24.2. The van der Waals surface area contributed by atoms with Gasteiger partial charge in [0.25, 0.3) is 5.56 Å². The van der Waals surface area contributed by atoms with Crippen LogP contribution in [0.5, 0.6) is 0 Å². The number of hydrogen-bond acceptors (Lipinski definition) is 4. The lowest BCUT2D eigenvalue weighted by molar-refractivity contribution is -0.137. The van der Waals surface area contributed by atoms with E-state index in [0.717, 1.165) is 12.1 Å². The monoisotopic (exact) mass is 486 g/mol. The first-order valence-electron chi connectivity index (χ1n) is 9.73. The molecule has 3 rings (SSSR count). The summed E-state index contributed by atoms with van der Waals surface area (Å²) < 4.78 is 43.0. The Labute approximate surface area is 191 Å². The predicted octanol–water partition coefficient (Wildman–Crippen LogP) is 5.20. The van der Waals surface area contributed by atoms with Crippen LogP contribution < -0.4 is 10.9 Å². The Balaban J connectivity index is 2.00. The van der Waals surface area contributed by atoms with E-state index < -0.39 is 23.3 Å². The zero-order valence-corrected chi connectivity index (χ0v) is 19.5. The zero-order valence-electron chi connectivity index (χ0n) is 17.9. The fraction of sp³-hybridized carbons (Fsp3) is 0.381. The topological polar surface area (TPSA) is 68.9 Å². The highest BCUT2D eigenvalue weighted by atomic mass is 35.5. The summed E-state index contributed by atoms with van der Waals surface area (Å²) in [5, 5.41) is 2.76. The van der Waals surface area contributed by atoms with Crippen LogP contribution in [0.25, 0.3) is 11.0 Å². The Morgan fingerprint density at radius 2 is 1.94 bits per heavy atom. The zero-order chi connectivity index (χ0) is 23.8. The molecule has 0 radical (unpaired) electrons. The highest BCUT2D eigenvalue weighted by Gasteiger charge is 2.34. The number of alkyl halides is 3. The summed E-state index contributed by atoms with van der Waals surface area (Å²) in [4.78, 5) is 30.5. The smallest absolute Gasteiger partial charge is 0.330 e. The molecule has 32 heavy (non-hydrogen) atoms. The number of halogens is 4. The molecule has 0 saturated heterocycles. The molecule has 0 atom stereocenters. The van der Waals surface area contributed by atoms with Gasteiger partial charge in [-0.1, -0.05) is 37.2 Å². The summed E-state index contributed by atoms with van der Waals surface area (Å²) in [6.45, 7) is 5.77. The third kappa shape index (κ3) is 4.96. The molecular weight excluding hydrogens is 465 g/mol. The number of anilines is 1. The predicted molar refractivity (Wildman–Crippen MR) is 120 cm³/mol. The molecule has 11 heteroatoms. The second-order valence-electron chi connectivity index (χ2n) is 7.75. The summed E-state index contributed by atoms with van der Waals surface area (Å²) in [7, 11) is 0. The molecule has 0 aliphatic rings. The summed E-state index contributed by atoms with van der Waals surface area (Å²) in [5.41, 5.74) is -0.466. The van der Waals surface area contributed by atoms with E-state index in [-0.39, 0.29) is 28.6 Å². The van der Waals surface area contributed by atoms with Gasteiger partial charge in [0.05, 0.1) is 16.8 Å². The van der Waals surface area contributed by atoms with Gasteiger partial charge in [-0.25, -0.2) is 4.98 Å². The van der Waals surface area contributed by atoms with E-state index in [1.807, 2.05) is 20.1 Å². The van der Waals surface area contributed by atoms with Crippen molar-refractivity contribution in [2.75, 3.05) is 11.6 Å². The van der Waals surface area contributed by atoms with Crippen molar-refractivity contribution < 1.29 is 18.0 Å². The molecule has 0 aliphatic heterocycles. The van der Waals surface area contributed by atoms with E-state index in [1.165, 1.54) is 22.4 Å². The molecule has 172 valence electrons. The standard InChI is InChI=1S/C21H22ClF3N4O2S/c1-11(2)9-29-19(31)18-16(27-20(29)32-4)7-12(3)28(18)10-17(30)26-15-6-5-13(22)8-14(15)21(23,24)25/h5-8,11H,9-10H2,1-4H3,(H,26,30). The third-order valence-corrected chi connectivity index (χ3v) is 5.68. The van der Waals surface area contributed by atoms with Crippen molar-refractivity contribution in [1.82, 2.24) is 14.1 Å². The van der Waals surface area contributed by atoms with Crippen LogP contribution in [0, 0.1) is 12.8 Å². The molecule has 0 saturated carbocycles. The number of aryl methyl sites for hydroxylation is 1. The van der Waals surface area contributed by atoms with Crippen molar-refractivity contribution in [2.45, 2.75) is 45.2 Å². The van der Waals surface area contributed by atoms with Crippen LogP contribution in [0.2, 0.25) is 5.02 Å². The number of rotatable bonds is 6. The first-order valence-corrected chi connectivity index (χ1v) is 11.3. The van der Waals surface area contributed by atoms with Gasteiger partial charge in [0.2, 0.25) is 5.91 Å². The highest BCUT2D eigenvalue weighted by Crippen LogP contribution is 2.36. The lowest BCUT2D eigenvalue weighted by atomic mass is 10.1. The number of fused-ring (bicyclic) bond motifs is 1. The highest BCUT2D eigenvalue weighted by molar-refractivity contribution is 7.98. The van der Waals surface area contributed by atoms with Crippen molar-refractivity contribution >= 4 is 46.0 Å². The quantitative estimate of drug-likeness (QED) is 0.384. The second-order valence-corrected chi connectivity index (χ2v) is 8.96. The maximum atomic E-state index is 13.3. The van der Waals surface area contributed by atoms with Crippen LogP contribution in [-0.2, 0) is 24.1 Å². The van der Waals surface area contributed by atoms with Crippen LogP contribution in [0.1, 0.15) is 25.1 Å². The Morgan fingerprint density at radius 3 is 2.53 bits per heavy atom. The fourth-order valence-corrected chi connectivity index (χ4v) is 4.17. The first-order chi connectivity index (χ1) is 14.9. The number of thioether (sulfide) groups is 1. The van der Waals surface area contributed by atoms with Gasteiger partial charge in [-0.3, -0.25) is 14.2 Å². The minimum absolute atomic E-state index is 0.0936. The number of nitrogens with one attached hydrogen (secondary N) is 1. The normalized spacial score (nSPS) is 12.0. The van der Waals surface area contributed by atoms with Crippen molar-refractivity contribution in [3.05, 3.63) is 50.9 Å². The lowest BCUT2D eigenvalue weighted by Crippen LogP contribution is -2.28. The summed E-state index contributed by atoms with van der Waals surface area (Å²) in [6, 6.07) is 4.81. The minimum atomic E-state index is -4.69. The maximum Gasteiger partial charge on any atom is 0.418 e. The molecule has 1 aromatic carbocycles. The molecule has 0 unspecified atom stereocenters. The third-order valence-electron chi connectivity index (χ3n) is 4.77. The molecule has 1 amide bonds. The summed E-state index contributed by atoms with van der Waals surface area (Å²) >= 11 is 7.04. The van der Waals surface area contributed by atoms with Crippen LogP contribution in [0.3, 0.4) is 0 Å². The van der Waals surface area contributed by atoms with E-state index in [1.54, 1.807) is 17.6 Å². The fourth-order valence-electron chi connectivity index (χ4n) is 3.43. The number of amides is 1. The van der Waals surface area contributed by atoms with Gasteiger partial charge in [-0.2, -0.15) is 13.2 Å². The van der Waals surface area contributed by atoms with Crippen LogP contribution in [-0.4, -0.2) is 26.3 Å². The molecule has 6 nitrogen and oxygen atoms in total. The Hall–Kier alpha value is -2.46. The molecular formula is C21H22ClF3N4O2S. The number of carbonyl (C=O) groups is 1. The molecule has 0 aliphatic carbocycles. The molecule has 0 fully saturated rings. The van der Waals surface area contributed by atoms with Crippen molar-refractivity contribution in [2.24, 2.45) is 5.92 Å². The second kappa shape index (κ2) is 9.19. The van der Waals surface area contributed by atoms with Crippen molar-refractivity contribution in [1.29, 1.82) is 0 Å². The number of carbonyl (C=O) groups excluding carboxylic acids is 1. The van der Waals surface area contributed by atoms with Gasteiger partial charge in [0.1, 0.15) is 12.1 Å². The van der Waals surface area contributed by atoms with Crippen LogP contribution in [0.4, 0.5) is 18.9 Å². The van der Waals surface area contributed by atoms with Crippen molar-refractivity contribution in [3.8, 4) is 0 Å². The Kier molecular flexibility index (Phi) is 6.94. The number of hydrogen-bond donors (Lipinski definition) is 1. The van der Waals surface area contributed by atoms with Crippen LogP contribution in [0.15, 0.2) is 34.2 Å². The molecule has 1 N–H and O–H groups in total. The minimum Gasteiger partial charge on any atom is -0.330 e. The van der Waals surface area contributed by atoms with Crippen LogP contribution >= 0.6 is 23.4 Å². The van der Waals surface area contributed by atoms with Gasteiger partial charge in [-0.05, 0) is 43.4 Å². The number of benzene rings is 1. The van der Waals surface area contributed by atoms with E-state index in [9.17, 15) is 22.8 Å². The van der Waals surface area contributed by atoms with Crippen molar-refractivity contribution in [3.63, 3.8) is 0 Å². The molecule has 3 aromatic rings. The molecule has 0 spiro atoms. The van der Waals surface area contributed by atoms with Gasteiger partial charge >= 0.3 is 6.18 Å². The lowest BCUT2D eigenvalue weighted by Gasteiger charge is -2.16. The van der Waals surface area contributed by atoms with E-state index in [2.05, 4.69) is 10.3 Å². The average molecular weight is 487 g/mol. The average Bonchev–Trinajstić information content (AvgIpc) is 2.99. The maximum absolute atomic E-state index is 13.3. The largest absolute Gasteiger partial charge is 0.418 e. The molecule has 2 aromatic heterocycles. The van der Waals surface area contributed by atoms with E-state index in [4.69, 9.17) is 11.6 Å². The SMILES string of the molecule is CSc1nc2cc(C)n(CC(=O)Nc3ccc(Cl)cc3C(F)(F)F)c2c(=O)n1CC(C)C.